The number of rotatable bonds is 3. The van der Waals surface area contributed by atoms with Gasteiger partial charge in [-0.15, -0.1) is 10.2 Å². The average Bonchev–Trinajstić information content (AvgIpc) is 2.77. The first-order valence-corrected chi connectivity index (χ1v) is 5.77. The van der Waals surface area contributed by atoms with Crippen molar-refractivity contribution in [1.29, 1.82) is 0 Å². The third-order valence-corrected chi connectivity index (χ3v) is 3.09. The molecule has 1 aromatic rings. The zero-order valence-corrected chi connectivity index (χ0v) is 9.69. The molecule has 1 aromatic heterocycles. The van der Waals surface area contributed by atoms with Crippen LogP contribution in [0.1, 0.15) is 18.5 Å². The van der Waals surface area contributed by atoms with Gasteiger partial charge in [-0.1, -0.05) is 0 Å². The molecule has 2 heterocycles. The minimum atomic E-state index is -4.45. The Kier molecular flexibility index (Phi) is 3.70. The van der Waals surface area contributed by atoms with E-state index >= 15 is 0 Å². The Bertz CT molecular complexity index is 394. The molecule has 100 valence electrons. The van der Waals surface area contributed by atoms with Gasteiger partial charge in [0.2, 0.25) is 0 Å². The van der Waals surface area contributed by atoms with Crippen LogP contribution in [0.3, 0.4) is 0 Å². The number of anilines is 1. The van der Waals surface area contributed by atoms with Crippen molar-refractivity contribution in [1.82, 2.24) is 10.2 Å². The Morgan fingerprint density at radius 3 is 2.67 bits per heavy atom. The van der Waals surface area contributed by atoms with Gasteiger partial charge in [0.25, 0.3) is 0 Å². The summed E-state index contributed by atoms with van der Waals surface area (Å²) in [5.41, 5.74) is -0.975. The van der Waals surface area contributed by atoms with Crippen molar-refractivity contribution in [2.75, 3.05) is 24.6 Å². The molecule has 2 rings (SSSR count). The van der Waals surface area contributed by atoms with Crippen LogP contribution >= 0.6 is 0 Å². The number of alkyl halides is 3. The number of aromatic nitrogens is 2. The number of hydrogen-bond acceptors (Lipinski definition) is 4. The van der Waals surface area contributed by atoms with E-state index in [0.717, 1.165) is 19.0 Å². The van der Waals surface area contributed by atoms with Gasteiger partial charge in [-0.05, 0) is 30.9 Å². The second-order valence-electron chi connectivity index (χ2n) is 4.39. The van der Waals surface area contributed by atoms with E-state index in [2.05, 4.69) is 10.2 Å². The molecule has 1 N–H and O–H groups in total. The minimum absolute atomic E-state index is 0.136. The van der Waals surface area contributed by atoms with Crippen LogP contribution in [0, 0.1) is 5.92 Å². The molecule has 18 heavy (non-hydrogen) atoms. The SMILES string of the molecule is OCCC1CCN(c2ccc(C(F)(F)F)nn2)C1. The van der Waals surface area contributed by atoms with E-state index in [0.29, 0.717) is 24.7 Å². The molecule has 1 fully saturated rings. The molecular formula is C11H14F3N3O. The van der Waals surface area contributed by atoms with E-state index in [4.69, 9.17) is 5.11 Å². The summed E-state index contributed by atoms with van der Waals surface area (Å²) in [4.78, 5) is 1.90. The highest BCUT2D eigenvalue weighted by molar-refractivity contribution is 5.38. The average molecular weight is 261 g/mol. The Morgan fingerprint density at radius 1 is 1.33 bits per heavy atom. The molecule has 1 aliphatic rings. The molecule has 0 radical (unpaired) electrons. The lowest BCUT2D eigenvalue weighted by atomic mass is 10.1. The molecule has 7 heteroatoms. The maximum absolute atomic E-state index is 12.3. The van der Waals surface area contributed by atoms with Crippen molar-refractivity contribution in [3.8, 4) is 0 Å². The molecule has 0 aromatic carbocycles. The Labute approximate surface area is 102 Å². The third kappa shape index (κ3) is 2.90. The molecule has 0 bridgehead atoms. The van der Waals surface area contributed by atoms with Crippen LogP contribution in [0.15, 0.2) is 12.1 Å². The summed E-state index contributed by atoms with van der Waals surface area (Å²) in [5.74, 6) is 0.836. The monoisotopic (exact) mass is 261 g/mol. The summed E-state index contributed by atoms with van der Waals surface area (Å²) in [5, 5.41) is 15.7. The summed E-state index contributed by atoms with van der Waals surface area (Å²) in [6.45, 7) is 1.59. The summed E-state index contributed by atoms with van der Waals surface area (Å²) in [7, 11) is 0. The van der Waals surface area contributed by atoms with E-state index in [1.54, 1.807) is 0 Å². The fraction of sp³-hybridized carbons (Fsp3) is 0.636. The predicted molar refractivity (Wildman–Crippen MR) is 59.1 cm³/mol. The molecule has 1 saturated heterocycles. The number of nitrogens with zero attached hydrogens (tertiary/aromatic N) is 3. The van der Waals surface area contributed by atoms with Gasteiger partial charge >= 0.3 is 6.18 Å². The first kappa shape index (κ1) is 13.1. The van der Waals surface area contributed by atoms with Gasteiger partial charge in [0.05, 0.1) is 0 Å². The van der Waals surface area contributed by atoms with Gasteiger partial charge in [0.15, 0.2) is 11.5 Å². The zero-order chi connectivity index (χ0) is 13.2. The predicted octanol–water partition coefficient (Wildman–Crippen LogP) is 1.70. The maximum atomic E-state index is 12.3. The molecule has 0 spiro atoms. The lowest BCUT2D eigenvalue weighted by Gasteiger charge is -2.17. The maximum Gasteiger partial charge on any atom is 0.435 e. The van der Waals surface area contributed by atoms with Crippen molar-refractivity contribution >= 4 is 5.82 Å². The molecule has 1 atom stereocenters. The fourth-order valence-electron chi connectivity index (χ4n) is 2.10. The van der Waals surface area contributed by atoms with Crippen LogP contribution < -0.4 is 4.90 Å². The van der Waals surface area contributed by atoms with Gasteiger partial charge < -0.3 is 10.0 Å². The zero-order valence-electron chi connectivity index (χ0n) is 9.69. The van der Waals surface area contributed by atoms with E-state index < -0.39 is 11.9 Å². The van der Waals surface area contributed by atoms with Crippen LogP contribution in [0.4, 0.5) is 19.0 Å². The Morgan fingerprint density at radius 2 is 2.11 bits per heavy atom. The van der Waals surface area contributed by atoms with Gasteiger partial charge in [-0.25, -0.2) is 0 Å². The van der Waals surface area contributed by atoms with Crippen molar-refractivity contribution in [3.63, 3.8) is 0 Å². The van der Waals surface area contributed by atoms with Gasteiger partial charge in [0.1, 0.15) is 0 Å². The van der Waals surface area contributed by atoms with Crippen LogP contribution in [0.5, 0.6) is 0 Å². The lowest BCUT2D eigenvalue weighted by molar-refractivity contribution is -0.141. The van der Waals surface area contributed by atoms with Gasteiger partial charge in [-0.2, -0.15) is 13.2 Å². The van der Waals surface area contributed by atoms with E-state index in [-0.39, 0.29) is 6.61 Å². The second-order valence-corrected chi connectivity index (χ2v) is 4.39. The summed E-state index contributed by atoms with van der Waals surface area (Å²) in [6, 6.07) is 2.29. The van der Waals surface area contributed by atoms with Gasteiger partial charge in [-0.3, -0.25) is 0 Å². The number of aliphatic hydroxyl groups is 1. The number of halogens is 3. The van der Waals surface area contributed by atoms with Crippen molar-refractivity contribution < 1.29 is 18.3 Å². The number of aliphatic hydroxyl groups excluding tert-OH is 1. The normalized spacial score (nSPS) is 20.4. The molecule has 0 saturated carbocycles. The van der Waals surface area contributed by atoms with Crippen LogP contribution in [-0.2, 0) is 6.18 Å². The fourth-order valence-corrected chi connectivity index (χ4v) is 2.10. The first-order valence-electron chi connectivity index (χ1n) is 5.77. The highest BCUT2D eigenvalue weighted by Crippen LogP contribution is 2.29. The lowest BCUT2D eigenvalue weighted by Crippen LogP contribution is -2.22. The smallest absolute Gasteiger partial charge is 0.396 e. The standard InChI is InChI=1S/C11H14F3N3O/c12-11(13,14)9-1-2-10(16-15-9)17-5-3-8(7-17)4-6-18/h1-2,8,18H,3-7H2. The second kappa shape index (κ2) is 5.09. The van der Waals surface area contributed by atoms with E-state index in [9.17, 15) is 13.2 Å². The van der Waals surface area contributed by atoms with Crippen molar-refractivity contribution in [2.24, 2.45) is 5.92 Å². The summed E-state index contributed by atoms with van der Waals surface area (Å²) < 4.78 is 36.9. The first-order chi connectivity index (χ1) is 8.50. The molecule has 0 amide bonds. The van der Waals surface area contributed by atoms with E-state index in [1.807, 2.05) is 4.90 Å². The molecule has 4 nitrogen and oxygen atoms in total. The Hall–Kier alpha value is -1.37. The van der Waals surface area contributed by atoms with Crippen molar-refractivity contribution in [3.05, 3.63) is 17.8 Å². The third-order valence-electron chi connectivity index (χ3n) is 3.09. The molecule has 0 aliphatic carbocycles. The molecule has 1 aliphatic heterocycles. The summed E-state index contributed by atoms with van der Waals surface area (Å²) >= 11 is 0. The van der Waals surface area contributed by atoms with E-state index in [1.165, 1.54) is 6.07 Å². The van der Waals surface area contributed by atoms with Crippen LogP contribution in [0.25, 0.3) is 0 Å². The highest BCUT2D eigenvalue weighted by Gasteiger charge is 2.33. The molecular weight excluding hydrogens is 247 g/mol. The molecule has 1 unspecified atom stereocenters. The number of hydrogen-bond donors (Lipinski definition) is 1. The van der Waals surface area contributed by atoms with Crippen LogP contribution in [-0.4, -0.2) is 35.0 Å². The quantitative estimate of drug-likeness (QED) is 0.899. The topological polar surface area (TPSA) is 49.2 Å². The Balaban J connectivity index is 2.03. The highest BCUT2D eigenvalue weighted by atomic mass is 19.4. The van der Waals surface area contributed by atoms with Crippen molar-refractivity contribution in [2.45, 2.75) is 19.0 Å². The summed E-state index contributed by atoms with van der Waals surface area (Å²) in [6.07, 6.45) is -2.82. The largest absolute Gasteiger partial charge is 0.435 e. The minimum Gasteiger partial charge on any atom is -0.396 e. The van der Waals surface area contributed by atoms with Crippen LogP contribution in [0.2, 0.25) is 0 Å². The van der Waals surface area contributed by atoms with Gasteiger partial charge in [0, 0.05) is 19.7 Å².